The molecule has 2 aromatic carbocycles. The first-order chi connectivity index (χ1) is 13.0. The van der Waals surface area contributed by atoms with Gasteiger partial charge in [-0.1, -0.05) is 59.9 Å². The summed E-state index contributed by atoms with van der Waals surface area (Å²) >= 11 is 5.30. The van der Waals surface area contributed by atoms with E-state index >= 15 is 0 Å². The third kappa shape index (κ3) is 6.32. The van der Waals surface area contributed by atoms with E-state index in [-0.39, 0.29) is 11.4 Å². The van der Waals surface area contributed by atoms with Crippen molar-refractivity contribution in [1.82, 2.24) is 0 Å². The van der Waals surface area contributed by atoms with E-state index in [0.717, 1.165) is 10.8 Å². The molecule has 0 aliphatic rings. The zero-order valence-electron chi connectivity index (χ0n) is 13.5. The quantitative estimate of drug-likeness (QED) is 0.146. The molecule has 4 aromatic rings. The molecule has 0 unspecified atom stereocenters. The molecule has 27 heavy (non-hydrogen) atoms. The Bertz CT molecular complexity index is 1070. The van der Waals surface area contributed by atoms with E-state index in [4.69, 9.17) is 20.3 Å². The van der Waals surface area contributed by atoms with Gasteiger partial charge in [-0.15, -0.1) is 0 Å². The smallest absolute Gasteiger partial charge is 0.320 e. The molecule has 0 aliphatic heterocycles. The zero-order valence-corrected chi connectivity index (χ0v) is 20.1. The molecule has 2 heterocycles. The summed E-state index contributed by atoms with van der Waals surface area (Å²) in [5.74, 6) is 0. The van der Waals surface area contributed by atoms with E-state index in [9.17, 15) is 9.59 Å². The predicted molar refractivity (Wildman–Crippen MR) is 121 cm³/mol. The molecule has 0 aliphatic carbocycles. The van der Waals surface area contributed by atoms with Gasteiger partial charge in [-0.3, -0.25) is 0 Å². The topological polar surface area (TPSA) is 108 Å². The van der Waals surface area contributed by atoms with Gasteiger partial charge < -0.3 is 20.3 Å². The van der Waals surface area contributed by atoms with Crippen LogP contribution in [-0.4, -0.2) is 0 Å². The van der Waals surface area contributed by atoms with Gasteiger partial charge in [0.25, 0.3) is 0 Å². The molecule has 0 fully saturated rings. The summed E-state index contributed by atoms with van der Waals surface area (Å²) in [6.45, 7) is 0. The molecule has 4 rings (SSSR count). The van der Waals surface area contributed by atoms with Gasteiger partial charge in [-0.05, 0) is 12.1 Å². The Kier molecular flexibility index (Phi) is 8.78. The van der Waals surface area contributed by atoms with Crippen LogP contribution in [0, 0.1) is 0 Å². The van der Waals surface area contributed by atoms with Crippen molar-refractivity contribution < 1.29 is 20.0 Å². The number of benzene rings is 2. The van der Waals surface area contributed by atoms with Gasteiger partial charge in [0.1, 0.15) is 11.2 Å². The summed E-state index contributed by atoms with van der Waals surface area (Å²) in [5.41, 5.74) is 14.1. The Morgan fingerprint density at radius 1 is 0.704 bits per heavy atom. The first-order valence-corrected chi connectivity index (χ1v) is 20.2. The van der Waals surface area contributed by atoms with Gasteiger partial charge >= 0.3 is 61.2 Å². The molecule has 0 spiro atoms. The molecule has 6 nitrogen and oxygen atoms in total. The maximum atomic E-state index is 10.9. The summed E-state index contributed by atoms with van der Waals surface area (Å²) in [6.07, 6.45) is 0. The van der Waals surface area contributed by atoms with Crippen LogP contribution in [0.25, 0.3) is 33.4 Å². The second kappa shape index (κ2) is 10.8. The number of hydrogen-bond acceptors (Lipinski definition) is 4. The summed E-state index contributed by atoms with van der Waals surface area (Å²) in [4.78, 5) is 21.8. The van der Waals surface area contributed by atoms with Crippen molar-refractivity contribution in [2.24, 2.45) is 0 Å². The fourth-order valence-corrected chi connectivity index (χ4v) is 2.12. The van der Waals surface area contributed by atoms with Gasteiger partial charge in [-0.25, -0.2) is 9.59 Å². The number of rotatable bonds is 0. The van der Waals surface area contributed by atoms with Gasteiger partial charge in [0, 0.05) is 10.8 Å². The average molecular weight is 769 g/mol. The van der Waals surface area contributed by atoms with Crippen LogP contribution in [0.2, 0.25) is 0 Å². The Morgan fingerprint density at radius 3 is 1.41 bits per heavy atom. The van der Waals surface area contributed by atoms with Gasteiger partial charge in [0.2, 0.25) is 0 Å². The van der Waals surface area contributed by atoms with E-state index in [1.165, 1.54) is 12.1 Å². The average Bonchev–Trinajstić information content (AvgIpc) is 2.65. The van der Waals surface area contributed by atoms with Crippen molar-refractivity contribution in [2.45, 2.75) is 0 Å². The molecular formula is C18H12I2N2O4Pt. The standard InChI is InChI=1S/2C9H6NO2.2HI.Pt/c2*10-7-5-6-3-1-2-4-8(6)12-9(7)11;;;/h2*1-5,10H;2*1H;/q2*-1;;;+4/p-2. The number of nitrogens with one attached hydrogen (secondary N) is 2. The molecule has 9 heteroatoms. The van der Waals surface area contributed by atoms with Crippen molar-refractivity contribution in [3.8, 4) is 0 Å². The van der Waals surface area contributed by atoms with Crippen molar-refractivity contribution in [3.63, 3.8) is 0 Å². The third-order valence-corrected chi connectivity index (χ3v) is 3.28. The molecule has 0 radical (unpaired) electrons. The first-order valence-electron chi connectivity index (χ1n) is 7.27. The third-order valence-electron chi connectivity index (χ3n) is 3.28. The van der Waals surface area contributed by atoms with Crippen LogP contribution < -0.4 is 11.3 Å². The second-order valence-electron chi connectivity index (χ2n) is 5.02. The summed E-state index contributed by atoms with van der Waals surface area (Å²) in [5, 5.41) is 1.56. The summed E-state index contributed by atoms with van der Waals surface area (Å²) < 4.78 is 9.70. The minimum Gasteiger partial charge on any atom is -0.693 e. The fourth-order valence-electron chi connectivity index (χ4n) is 2.12. The molecular weight excluding hydrogens is 757 g/mol. The maximum absolute atomic E-state index is 10.9. The van der Waals surface area contributed by atoms with Crippen LogP contribution >= 0.6 is 38.7 Å². The monoisotopic (exact) mass is 769 g/mol. The number of fused-ring (bicyclic) bond motifs is 2. The zero-order chi connectivity index (χ0) is 19.8. The molecule has 2 N–H and O–H groups in total. The minimum absolute atomic E-state index is 0.103. The maximum Gasteiger partial charge on any atom is 0.320 e. The van der Waals surface area contributed by atoms with Crippen LogP contribution in [0.4, 0.5) is 11.4 Å². The Morgan fingerprint density at radius 2 is 1.04 bits per heavy atom. The van der Waals surface area contributed by atoms with Crippen LogP contribution in [0.1, 0.15) is 0 Å². The minimum atomic E-state index is -0.589. The van der Waals surface area contributed by atoms with Gasteiger partial charge in [-0.2, -0.15) is 0 Å². The van der Waals surface area contributed by atoms with Gasteiger partial charge in [0.15, 0.2) is 0 Å². The number of hydrogen-bond donors (Lipinski definition) is 0. The number of para-hydroxylation sites is 2. The second-order valence-corrected chi connectivity index (χ2v) is 21.6. The van der Waals surface area contributed by atoms with E-state index in [1.807, 2.05) is 12.1 Å². The summed E-state index contributed by atoms with van der Waals surface area (Å²) in [6, 6.07) is 17.3. The number of halogens is 2. The molecule has 0 bridgehead atoms. The van der Waals surface area contributed by atoms with Gasteiger partial charge in [0.05, 0.1) is 0 Å². The van der Waals surface area contributed by atoms with Crippen molar-refractivity contribution in [1.29, 1.82) is 0 Å². The Hall–Kier alpha value is -1.39. The van der Waals surface area contributed by atoms with E-state index in [1.54, 1.807) is 36.4 Å². The Labute approximate surface area is 183 Å². The van der Waals surface area contributed by atoms with Crippen molar-refractivity contribution >= 4 is 72.0 Å². The van der Waals surface area contributed by atoms with Crippen LogP contribution in [0.15, 0.2) is 79.1 Å². The van der Waals surface area contributed by atoms with Crippen molar-refractivity contribution in [2.75, 3.05) is 0 Å². The first kappa shape index (κ1) is 21.9. The van der Waals surface area contributed by atoms with Crippen molar-refractivity contribution in [3.05, 3.63) is 93.0 Å². The molecule has 2 aromatic heterocycles. The van der Waals surface area contributed by atoms with E-state index in [0.29, 0.717) is 22.4 Å². The Balaban J connectivity index is 0.000000170. The van der Waals surface area contributed by atoms with E-state index in [2.05, 4.69) is 38.7 Å². The van der Waals surface area contributed by atoms with Crippen LogP contribution in [-0.2, 0) is 11.2 Å². The molecule has 0 atom stereocenters. The summed E-state index contributed by atoms with van der Waals surface area (Å²) in [7, 11) is 0. The molecule has 142 valence electrons. The predicted octanol–water partition coefficient (Wildman–Crippen LogP) is 6.72. The van der Waals surface area contributed by atoms with Crippen LogP contribution in [0.3, 0.4) is 0 Å². The molecule has 0 saturated carbocycles. The largest absolute Gasteiger partial charge is 0.693 e. The fraction of sp³-hybridized carbons (Fsp3) is 0. The molecule has 0 saturated heterocycles. The normalized spacial score (nSPS) is 10.0. The van der Waals surface area contributed by atoms with Crippen LogP contribution in [0.5, 0.6) is 0 Å². The molecule has 0 amide bonds. The SMILES string of the molecule is [I][Pt+2][I].[NH-]c1cc2ccccc2oc1=O.[NH-]c1cc2ccccc2oc1=O. The van der Waals surface area contributed by atoms with E-state index < -0.39 is 11.3 Å².